The number of pyridine rings is 1. The van der Waals surface area contributed by atoms with Crippen molar-refractivity contribution in [3.05, 3.63) is 29.2 Å². The van der Waals surface area contributed by atoms with Gasteiger partial charge >= 0.3 is 0 Å². The number of hydrazine groups is 1. The molecule has 0 bridgehead atoms. The summed E-state index contributed by atoms with van der Waals surface area (Å²) in [5.41, 5.74) is 3.71. The van der Waals surface area contributed by atoms with Crippen LogP contribution in [0, 0.1) is 0 Å². The van der Waals surface area contributed by atoms with E-state index in [0.717, 1.165) is 5.69 Å². The fraction of sp³-hybridized carbons (Fsp3) is 0.364. The second-order valence-corrected chi connectivity index (χ2v) is 4.48. The molecule has 0 aromatic carbocycles. The summed E-state index contributed by atoms with van der Waals surface area (Å²) in [4.78, 5) is 16.4. The van der Waals surface area contributed by atoms with Gasteiger partial charge in [0, 0.05) is 11.3 Å². The summed E-state index contributed by atoms with van der Waals surface area (Å²) >= 11 is 0. The zero-order valence-electron chi connectivity index (χ0n) is 11.2. The fourth-order valence-corrected chi connectivity index (χ4v) is 1.57. The molecule has 0 aliphatic carbocycles. The molecular formula is C11H16N8O. The van der Waals surface area contributed by atoms with E-state index in [1.807, 2.05) is 13.8 Å². The number of anilines is 1. The van der Waals surface area contributed by atoms with Gasteiger partial charge in [0.25, 0.3) is 5.91 Å². The van der Waals surface area contributed by atoms with E-state index in [4.69, 9.17) is 5.84 Å². The van der Waals surface area contributed by atoms with Gasteiger partial charge in [0.2, 0.25) is 0 Å². The SMILES string of the molecule is CC(C)c1cc(C(=O)NCc2nn[nH]n2)cc(NN)n1. The van der Waals surface area contributed by atoms with Crippen LogP contribution in [0.5, 0.6) is 0 Å². The minimum absolute atomic E-state index is 0.187. The molecule has 0 aliphatic rings. The van der Waals surface area contributed by atoms with E-state index in [1.54, 1.807) is 12.1 Å². The average Bonchev–Trinajstić information content (AvgIpc) is 2.97. The number of carbonyl (C=O) groups is 1. The molecule has 1 amide bonds. The highest BCUT2D eigenvalue weighted by molar-refractivity contribution is 5.94. The zero-order valence-corrected chi connectivity index (χ0v) is 11.2. The lowest BCUT2D eigenvalue weighted by molar-refractivity contribution is 0.0949. The van der Waals surface area contributed by atoms with E-state index < -0.39 is 0 Å². The maximum atomic E-state index is 12.1. The van der Waals surface area contributed by atoms with Gasteiger partial charge in [-0.15, -0.1) is 10.2 Å². The number of nitrogens with two attached hydrogens (primary N) is 1. The molecule has 106 valence electrons. The number of aromatic amines is 1. The number of rotatable bonds is 5. The van der Waals surface area contributed by atoms with Crippen LogP contribution in [0.4, 0.5) is 5.82 Å². The van der Waals surface area contributed by atoms with Crippen molar-refractivity contribution in [1.29, 1.82) is 0 Å². The van der Waals surface area contributed by atoms with Crippen molar-refractivity contribution >= 4 is 11.7 Å². The minimum Gasteiger partial charge on any atom is -0.345 e. The van der Waals surface area contributed by atoms with E-state index >= 15 is 0 Å². The highest BCUT2D eigenvalue weighted by Gasteiger charge is 2.12. The molecule has 2 heterocycles. The Morgan fingerprint density at radius 3 is 2.85 bits per heavy atom. The Kier molecular flexibility index (Phi) is 4.20. The Labute approximate surface area is 115 Å². The van der Waals surface area contributed by atoms with Crippen LogP contribution in [0.15, 0.2) is 12.1 Å². The number of nitrogens with zero attached hydrogens (tertiary/aromatic N) is 4. The number of H-pyrrole nitrogens is 1. The number of hydrogen-bond acceptors (Lipinski definition) is 7. The van der Waals surface area contributed by atoms with Gasteiger partial charge in [-0.3, -0.25) is 4.79 Å². The van der Waals surface area contributed by atoms with E-state index in [2.05, 4.69) is 36.4 Å². The number of amides is 1. The lowest BCUT2D eigenvalue weighted by Gasteiger charge is -2.10. The molecule has 2 aromatic rings. The molecule has 0 saturated heterocycles. The number of nitrogens with one attached hydrogen (secondary N) is 3. The van der Waals surface area contributed by atoms with E-state index in [0.29, 0.717) is 17.2 Å². The Morgan fingerprint density at radius 1 is 1.45 bits per heavy atom. The molecule has 20 heavy (non-hydrogen) atoms. The van der Waals surface area contributed by atoms with Gasteiger partial charge in [-0.05, 0) is 18.1 Å². The second kappa shape index (κ2) is 6.06. The predicted octanol–water partition coefficient (Wildman–Crippen LogP) is -0.0663. The van der Waals surface area contributed by atoms with Crippen molar-refractivity contribution in [2.45, 2.75) is 26.3 Å². The quantitative estimate of drug-likeness (QED) is 0.443. The first-order valence-corrected chi connectivity index (χ1v) is 6.09. The summed E-state index contributed by atoms with van der Waals surface area (Å²) in [6.07, 6.45) is 0. The molecule has 0 aliphatic heterocycles. The molecule has 0 fully saturated rings. The smallest absolute Gasteiger partial charge is 0.251 e. The second-order valence-electron chi connectivity index (χ2n) is 4.48. The fourth-order valence-electron chi connectivity index (χ4n) is 1.57. The largest absolute Gasteiger partial charge is 0.345 e. The zero-order chi connectivity index (χ0) is 14.5. The highest BCUT2D eigenvalue weighted by atomic mass is 16.1. The highest BCUT2D eigenvalue weighted by Crippen LogP contribution is 2.17. The normalized spacial score (nSPS) is 10.6. The molecule has 2 aromatic heterocycles. The maximum Gasteiger partial charge on any atom is 0.251 e. The van der Waals surface area contributed by atoms with Crippen LogP contribution in [0.3, 0.4) is 0 Å². The van der Waals surface area contributed by atoms with Gasteiger partial charge in [-0.1, -0.05) is 19.1 Å². The molecule has 9 heteroatoms. The number of aromatic nitrogens is 5. The third kappa shape index (κ3) is 3.26. The summed E-state index contributed by atoms with van der Waals surface area (Å²) in [5.74, 6) is 6.15. The molecule has 0 atom stereocenters. The number of carbonyl (C=O) groups excluding carboxylic acids is 1. The van der Waals surface area contributed by atoms with Crippen molar-refractivity contribution in [2.75, 3.05) is 5.43 Å². The third-order valence-electron chi connectivity index (χ3n) is 2.64. The first-order chi connectivity index (χ1) is 9.60. The Hall–Kier alpha value is -2.55. The number of tetrazole rings is 1. The van der Waals surface area contributed by atoms with E-state index in [-0.39, 0.29) is 18.4 Å². The Bertz CT molecular complexity index is 580. The summed E-state index contributed by atoms with van der Waals surface area (Å²) < 4.78 is 0. The van der Waals surface area contributed by atoms with Crippen LogP contribution in [-0.2, 0) is 6.54 Å². The number of nitrogen functional groups attached to an aromatic ring is 1. The standard InChI is InChI=1S/C11H16N8O/c1-6(2)8-3-7(4-9(14-8)15-12)11(20)13-5-10-16-18-19-17-10/h3-4,6H,5,12H2,1-2H3,(H,13,20)(H,14,15)(H,16,17,18,19). The lowest BCUT2D eigenvalue weighted by atomic mass is 10.1. The molecule has 5 N–H and O–H groups in total. The number of hydrogen-bond donors (Lipinski definition) is 4. The first-order valence-electron chi connectivity index (χ1n) is 6.09. The first kappa shape index (κ1) is 13.9. The van der Waals surface area contributed by atoms with E-state index in [9.17, 15) is 4.79 Å². The molecule has 0 spiro atoms. The maximum absolute atomic E-state index is 12.1. The van der Waals surface area contributed by atoms with Crippen LogP contribution >= 0.6 is 0 Å². The molecule has 9 nitrogen and oxygen atoms in total. The van der Waals surface area contributed by atoms with Gasteiger partial charge in [0.05, 0.1) is 6.54 Å². The van der Waals surface area contributed by atoms with Crippen LogP contribution in [0.2, 0.25) is 0 Å². The topological polar surface area (TPSA) is 134 Å². The van der Waals surface area contributed by atoms with Crippen molar-refractivity contribution in [2.24, 2.45) is 5.84 Å². The minimum atomic E-state index is -0.254. The van der Waals surface area contributed by atoms with Crippen molar-refractivity contribution in [1.82, 2.24) is 30.9 Å². The van der Waals surface area contributed by atoms with Crippen LogP contribution < -0.4 is 16.6 Å². The Morgan fingerprint density at radius 2 is 2.25 bits per heavy atom. The molecule has 0 unspecified atom stereocenters. The lowest BCUT2D eigenvalue weighted by Crippen LogP contribution is -2.24. The monoisotopic (exact) mass is 276 g/mol. The van der Waals surface area contributed by atoms with E-state index in [1.165, 1.54) is 0 Å². The van der Waals surface area contributed by atoms with Crippen LogP contribution in [0.25, 0.3) is 0 Å². The van der Waals surface area contributed by atoms with Crippen molar-refractivity contribution < 1.29 is 4.79 Å². The predicted molar refractivity (Wildman–Crippen MR) is 71.5 cm³/mol. The van der Waals surface area contributed by atoms with Crippen molar-refractivity contribution in [3.63, 3.8) is 0 Å². The van der Waals surface area contributed by atoms with Crippen LogP contribution in [-0.4, -0.2) is 31.5 Å². The summed E-state index contributed by atoms with van der Waals surface area (Å²) in [5, 5.41) is 15.9. The average molecular weight is 276 g/mol. The molecule has 2 rings (SSSR count). The third-order valence-corrected chi connectivity index (χ3v) is 2.64. The summed E-state index contributed by atoms with van der Waals surface area (Å²) in [7, 11) is 0. The Balaban J connectivity index is 2.14. The summed E-state index contributed by atoms with van der Waals surface area (Å²) in [6.45, 7) is 4.17. The summed E-state index contributed by atoms with van der Waals surface area (Å²) in [6, 6.07) is 3.31. The van der Waals surface area contributed by atoms with Gasteiger partial charge in [-0.2, -0.15) is 5.21 Å². The van der Waals surface area contributed by atoms with Gasteiger partial charge in [0.15, 0.2) is 5.82 Å². The molecule has 0 saturated carbocycles. The van der Waals surface area contributed by atoms with Gasteiger partial charge < -0.3 is 10.7 Å². The van der Waals surface area contributed by atoms with Gasteiger partial charge in [0.1, 0.15) is 5.82 Å². The van der Waals surface area contributed by atoms with Gasteiger partial charge in [-0.25, -0.2) is 10.8 Å². The van der Waals surface area contributed by atoms with Crippen molar-refractivity contribution in [3.8, 4) is 0 Å². The van der Waals surface area contributed by atoms with Crippen LogP contribution in [0.1, 0.15) is 41.6 Å². The molecule has 0 radical (unpaired) electrons. The molecular weight excluding hydrogens is 260 g/mol.